The van der Waals surface area contributed by atoms with Crippen LogP contribution in [0.4, 0.5) is 11.4 Å². The summed E-state index contributed by atoms with van der Waals surface area (Å²) in [4.78, 5) is 62.4. The number of amides is 3. The predicted octanol–water partition coefficient (Wildman–Crippen LogP) is 3.83. The lowest BCUT2D eigenvalue weighted by Crippen LogP contribution is -2.48. The topological polar surface area (TPSA) is 136 Å². The highest BCUT2D eigenvalue weighted by molar-refractivity contribution is 6.34. The average molecular weight is 488 g/mol. The third-order valence-electron chi connectivity index (χ3n) is 5.19. The Morgan fingerprint density at radius 3 is 2.18 bits per heavy atom. The molecule has 0 radical (unpaired) electrons. The maximum atomic E-state index is 13.0. The summed E-state index contributed by atoms with van der Waals surface area (Å²) in [6, 6.07) is 8.55. The number of nitro benzene ring substituents is 1. The quantitative estimate of drug-likeness (QED) is 0.258. The first-order valence-corrected chi connectivity index (χ1v) is 10.8. The number of carbonyl (C=O) groups is 4. The van der Waals surface area contributed by atoms with Gasteiger partial charge < -0.3 is 10.1 Å². The number of halogens is 1. The Morgan fingerprint density at radius 2 is 1.68 bits per heavy atom. The minimum atomic E-state index is -1.30. The normalized spacial score (nSPS) is 14.6. The molecule has 2 unspecified atom stereocenters. The lowest BCUT2D eigenvalue weighted by molar-refractivity contribution is -0.384. The first-order chi connectivity index (χ1) is 16.0. The van der Waals surface area contributed by atoms with Crippen molar-refractivity contribution < 1.29 is 28.8 Å². The lowest BCUT2D eigenvalue weighted by Gasteiger charge is -2.27. The highest BCUT2D eigenvalue weighted by Crippen LogP contribution is 2.29. The summed E-state index contributed by atoms with van der Waals surface area (Å²) in [5, 5.41) is 13.2. The molecule has 0 saturated carbocycles. The number of nitro groups is 1. The van der Waals surface area contributed by atoms with Crippen LogP contribution in [0.15, 0.2) is 42.5 Å². The summed E-state index contributed by atoms with van der Waals surface area (Å²) in [6.07, 6.45) is -1.16. The van der Waals surface area contributed by atoms with E-state index in [0.717, 1.165) is 11.0 Å². The number of nitrogens with zero attached hydrogens (tertiary/aromatic N) is 2. The van der Waals surface area contributed by atoms with Gasteiger partial charge in [-0.3, -0.25) is 29.4 Å². The molecule has 2 aromatic rings. The summed E-state index contributed by atoms with van der Waals surface area (Å²) in [5.74, 6) is -2.91. The van der Waals surface area contributed by atoms with Crippen LogP contribution in [0.5, 0.6) is 0 Å². The number of non-ortho nitro benzene ring substituents is 1. The zero-order valence-corrected chi connectivity index (χ0v) is 19.4. The van der Waals surface area contributed by atoms with Gasteiger partial charge >= 0.3 is 5.97 Å². The molecule has 34 heavy (non-hydrogen) atoms. The Hall–Kier alpha value is -3.79. The number of hydrogen-bond donors (Lipinski definition) is 1. The van der Waals surface area contributed by atoms with Crippen molar-refractivity contribution in [3.05, 3.63) is 68.7 Å². The van der Waals surface area contributed by atoms with Gasteiger partial charge in [0.15, 0.2) is 6.10 Å². The van der Waals surface area contributed by atoms with Crippen molar-refractivity contribution in [1.29, 1.82) is 0 Å². The minimum absolute atomic E-state index is 0.0649. The van der Waals surface area contributed by atoms with E-state index < -0.39 is 40.8 Å². The van der Waals surface area contributed by atoms with Crippen LogP contribution in [0.2, 0.25) is 5.02 Å². The number of fused-ring (bicyclic) bond motifs is 1. The fourth-order valence-corrected chi connectivity index (χ4v) is 3.73. The van der Waals surface area contributed by atoms with Gasteiger partial charge in [-0.25, -0.2) is 4.79 Å². The van der Waals surface area contributed by atoms with Gasteiger partial charge in [0.2, 0.25) is 0 Å². The van der Waals surface area contributed by atoms with E-state index in [9.17, 15) is 29.3 Å². The first kappa shape index (κ1) is 24.8. The van der Waals surface area contributed by atoms with Crippen molar-refractivity contribution >= 4 is 46.7 Å². The molecule has 1 heterocycles. The van der Waals surface area contributed by atoms with Crippen molar-refractivity contribution in [2.45, 2.75) is 39.3 Å². The number of anilines is 1. The van der Waals surface area contributed by atoms with Gasteiger partial charge in [-0.2, -0.15) is 0 Å². The average Bonchev–Trinajstić information content (AvgIpc) is 3.03. The number of esters is 1. The van der Waals surface area contributed by atoms with E-state index in [0.29, 0.717) is 0 Å². The molecule has 1 aliphatic rings. The third-order valence-corrected chi connectivity index (χ3v) is 5.50. The molecule has 0 aliphatic carbocycles. The number of benzene rings is 2. The van der Waals surface area contributed by atoms with E-state index in [-0.39, 0.29) is 39.9 Å². The Bertz CT molecular complexity index is 1150. The monoisotopic (exact) mass is 487 g/mol. The van der Waals surface area contributed by atoms with E-state index in [1.54, 1.807) is 12.1 Å². The van der Waals surface area contributed by atoms with E-state index in [2.05, 4.69) is 5.32 Å². The maximum Gasteiger partial charge on any atom is 0.330 e. The molecule has 178 valence electrons. The van der Waals surface area contributed by atoms with Crippen molar-refractivity contribution in [2.75, 3.05) is 5.32 Å². The van der Waals surface area contributed by atoms with Crippen LogP contribution in [0.25, 0.3) is 0 Å². The molecule has 0 spiro atoms. The van der Waals surface area contributed by atoms with Crippen molar-refractivity contribution in [3.63, 3.8) is 0 Å². The summed E-state index contributed by atoms with van der Waals surface area (Å²) >= 11 is 5.99. The van der Waals surface area contributed by atoms with E-state index in [1.165, 1.54) is 31.2 Å². The van der Waals surface area contributed by atoms with Gasteiger partial charge in [0.05, 0.1) is 26.8 Å². The van der Waals surface area contributed by atoms with Crippen molar-refractivity contribution in [3.8, 4) is 0 Å². The molecular weight excluding hydrogens is 466 g/mol. The highest BCUT2D eigenvalue weighted by Gasteiger charge is 2.44. The fraction of sp³-hybridized carbons (Fsp3) is 0.304. The molecule has 11 heteroatoms. The molecule has 0 bridgehead atoms. The molecule has 10 nitrogen and oxygen atoms in total. The number of rotatable bonds is 8. The maximum absolute atomic E-state index is 13.0. The van der Waals surface area contributed by atoms with Crippen LogP contribution in [0, 0.1) is 16.0 Å². The third kappa shape index (κ3) is 5.07. The van der Waals surface area contributed by atoms with Gasteiger partial charge in [0.1, 0.15) is 6.04 Å². The number of carbonyl (C=O) groups excluding carboxylic acids is 4. The molecule has 0 saturated heterocycles. The summed E-state index contributed by atoms with van der Waals surface area (Å²) < 4.78 is 5.31. The first-order valence-electron chi connectivity index (χ1n) is 10.4. The molecule has 2 atom stereocenters. The molecule has 3 amide bonds. The second-order valence-corrected chi connectivity index (χ2v) is 8.57. The summed E-state index contributed by atoms with van der Waals surface area (Å²) in [5.41, 5.74) is 0.250. The Labute approximate surface area is 200 Å². The molecular formula is C23H22ClN3O7. The molecule has 0 fully saturated rings. The zero-order valence-electron chi connectivity index (χ0n) is 18.6. The van der Waals surface area contributed by atoms with Crippen LogP contribution < -0.4 is 5.32 Å². The van der Waals surface area contributed by atoms with Crippen LogP contribution >= 0.6 is 11.6 Å². The summed E-state index contributed by atoms with van der Waals surface area (Å²) in [6.45, 7) is 4.97. The Kier molecular flexibility index (Phi) is 7.31. The van der Waals surface area contributed by atoms with Gasteiger partial charge in [0.25, 0.3) is 23.4 Å². The molecule has 3 rings (SSSR count). The SMILES string of the molecule is CC(C)CC(C(=O)OC(C)C(=O)Nc1ccc([N+](=O)[O-])cc1Cl)N1C(=O)c2ccccc2C1=O. The number of hydrogen-bond acceptors (Lipinski definition) is 7. The van der Waals surface area contributed by atoms with Crippen LogP contribution in [-0.4, -0.2) is 45.7 Å². The molecule has 1 aliphatic heterocycles. The number of imide groups is 1. The zero-order chi connectivity index (χ0) is 25.2. The Morgan fingerprint density at radius 1 is 1.09 bits per heavy atom. The van der Waals surface area contributed by atoms with Gasteiger partial charge in [-0.15, -0.1) is 0 Å². The standard InChI is InChI=1S/C23H22ClN3O7/c1-12(2)10-19(26-21(29)15-6-4-5-7-16(15)22(26)30)23(31)34-13(3)20(28)25-18-9-8-14(27(32)33)11-17(18)24/h4-9,11-13,19H,10H2,1-3H3,(H,25,28). The number of nitrogens with one attached hydrogen (secondary N) is 1. The predicted molar refractivity (Wildman–Crippen MR) is 122 cm³/mol. The van der Waals surface area contributed by atoms with Crippen molar-refractivity contribution in [1.82, 2.24) is 4.90 Å². The second kappa shape index (κ2) is 10.0. The minimum Gasteiger partial charge on any atom is -0.451 e. The van der Waals surface area contributed by atoms with E-state index in [4.69, 9.17) is 16.3 Å². The second-order valence-electron chi connectivity index (χ2n) is 8.16. The van der Waals surface area contributed by atoms with Gasteiger partial charge in [-0.1, -0.05) is 37.6 Å². The Balaban J connectivity index is 1.75. The highest BCUT2D eigenvalue weighted by atomic mass is 35.5. The van der Waals surface area contributed by atoms with E-state index >= 15 is 0 Å². The molecule has 1 N–H and O–H groups in total. The van der Waals surface area contributed by atoms with E-state index in [1.807, 2.05) is 13.8 Å². The fourth-order valence-electron chi connectivity index (χ4n) is 3.50. The summed E-state index contributed by atoms with van der Waals surface area (Å²) in [7, 11) is 0. The molecule has 0 aromatic heterocycles. The smallest absolute Gasteiger partial charge is 0.330 e. The molecule has 2 aromatic carbocycles. The van der Waals surface area contributed by atoms with Crippen LogP contribution in [0.1, 0.15) is 47.9 Å². The van der Waals surface area contributed by atoms with Crippen molar-refractivity contribution in [2.24, 2.45) is 5.92 Å². The van der Waals surface area contributed by atoms with Crippen LogP contribution in [-0.2, 0) is 14.3 Å². The van der Waals surface area contributed by atoms with Gasteiger partial charge in [-0.05, 0) is 37.5 Å². The largest absolute Gasteiger partial charge is 0.451 e. The number of ether oxygens (including phenoxy) is 1. The van der Waals surface area contributed by atoms with Gasteiger partial charge in [0, 0.05) is 12.1 Å². The van der Waals surface area contributed by atoms with Crippen LogP contribution in [0.3, 0.4) is 0 Å². The lowest BCUT2D eigenvalue weighted by atomic mass is 10.0.